The van der Waals surface area contributed by atoms with E-state index in [1.54, 1.807) is 0 Å². The van der Waals surface area contributed by atoms with Gasteiger partial charge in [-0.25, -0.2) is 0 Å². The molecule has 0 saturated carbocycles. The fourth-order valence-corrected chi connectivity index (χ4v) is 2.71. The minimum atomic E-state index is -0.591. The normalized spacial score (nSPS) is 13.1. The highest BCUT2D eigenvalue weighted by molar-refractivity contribution is 5.75. The van der Waals surface area contributed by atoms with Gasteiger partial charge in [0, 0.05) is 6.04 Å². The molecule has 0 aliphatic heterocycles. The minimum absolute atomic E-state index is 0.301. The Morgan fingerprint density at radius 2 is 1.38 bits per heavy atom. The van der Waals surface area contributed by atoms with Gasteiger partial charge in [0.05, 0.1) is 5.41 Å². The summed E-state index contributed by atoms with van der Waals surface area (Å²) >= 11 is 0. The first-order valence-corrected chi connectivity index (χ1v) is 7.34. The van der Waals surface area contributed by atoms with Crippen molar-refractivity contribution in [3.05, 3.63) is 71.8 Å². The lowest BCUT2D eigenvalue weighted by Crippen LogP contribution is -2.38. The average Bonchev–Trinajstić information content (AvgIpc) is 2.54. The molecule has 2 aromatic rings. The van der Waals surface area contributed by atoms with Crippen LogP contribution in [0.3, 0.4) is 0 Å². The van der Waals surface area contributed by atoms with Crippen LogP contribution in [-0.4, -0.2) is 31.3 Å². The molecule has 0 spiro atoms. The van der Waals surface area contributed by atoms with Gasteiger partial charge in [-0.3, -0.25) is 0 Å². The predicted molar refractivity (Wildman–Crippen MR) is 87.5 cm³/mol. The second-order valence-corrected chi connectivity index (χ2v) is 5.84. The number of carbonyl (C=O) groups is 1. The lowest BCUT2D eigenvalue weighted by molar-refractivity contribution is -0.112. The maximum absolute atomic E-state index is 12.2. The second-order valence-electron chi connectivity index (χ2n) is 5.84. The Balaban J connectivity index is 2.54. The molecule has 1 atom stereocenters. The highest BCUT2D eigenvalue weighted by Gasteiger charge is 2.35. The Hall–Kier alpha value is -1.93. The summed E-state index contributed by atoms with van der Waals surface area (Å²) in [4.78, 5) is 14.3. The van der Waals surface area contributed by atoms with Gasteiger partial charge < -0.3 is 9.69 Å². The van der Waals surface area contributed by atoms with E-state index in [2.05, 4.69) is 25.9 Å². The van der Waals surface area contributed by atoms with Gasteiger partial charge in [0.1, 0.15) is 6.29 Å². The molecule has 0 radical (unpaired) electrons. The number of nitrogens with zero attached hydrogens (tertiary/aromatic N) is 1. The summed E-state index contributed by atoms with van der Waals surface area (Å²) < 4.78 is 0. The molecule has 0 amide bonds. The largest absolute Gasteiger partial charge is 0.307 e. The van der Waals surface area contributed by atoms with Crippen molar-refractivity contribution in [2.45, 2.75) is 24.8 Å². The van der Waals surface area contributed by atoms with Crippen molar-refractivity contribution in [1.82, 2.24) is 4.90 Å². The molecule has 0 aliphatic rings. The maximum atomic E-state index is 12.2. The van der Waals surface area contributed by atoms with E-state index in [1.807, 2.05) is 60.7 Å². The summed E-state index contributed by atoms with van der Waals surface area (Å²) in [6, 6.07) is 20.4. The zero-order chi connectivity index (χ0) is 15.3. The standard InChI is InChI=1S/C19H23NO/c1-16(20(2)3)14-19(15-21,17-10-6-4-7-11-17)18-12-8-5-9-13-18/h4-13,15-16H,14H2,1-3H3/t16-/m0/s1. The van der Waals surface area contributed by atoms with Gasteiger partial charge in [-0.05, 0) is 38.6 Å². The van der Waals surface area contributed by atoms with Crippen LogP contribution in [0.15, 0.2) is 60.7 Å². The summed E-state index contributed by atoms with van der Waals surface area (Å²) in [5.74, 6) is 0. The van der Waals surface area contributed by atoms with Crippen LogP contribution in [0.1, 0.15) is 24.5 Å². The SMILES string of the molecule is C[C@@H](CC(C=O)(c1ccccc1)c1ccccc1)N(C)C. The van der Waals surface area contributed by atoms with Crippen LogP contribution in [0.2, 0.25) is 0 Å². The fourth-order valence-electron chi connectivity index (χ4n) is 2.71. The number of rotatable bonds is 6. The minimum Gasteiger partial charge on any atom is -0.307 e. The maximum Gasteiger partial charge on any atom is 0.134 e. The van der Waals surface area contributed by atoms with Gasteiger partial charge in [-0.2, -0.15) is 0 Å². The van der Waals surface area contributed by atoms with Crippen LogP contribution in [0.5, 0.6) is 0 Å². The summed E-state index contributed by atoms with van der Waals surface area (Å²) in [6.45, 7) is 2.16. The zero-order valence-electron chi connectivity index (χ0n) is 13.0. The Kier molecular flexibility index (Phi) is 4.92. The Morgan fingerprint density at radius 1 is 0.952 bits per heavy atom. The first-order valence-electron chi connectivity index (χ1n) is 7.34. The van der Waals surface area contributed by atoms with E-state index in [9.17, 15) is 4.79 Å². The molecule has 0 heterocycles. The summed E-state index contributed by atoms with van der Waals surface area (Å²) in [5, 5.41) is 0. The van der Waals surface area contributed by atoms with Crippen LogP contribution in [0.25, 0.3) is 0 Å². The molecule has 2 aromatic carbocycles. The molecule has 0 aliphatic carbocycles. The Morgan fingerprint density at radius 3 is 1.71 bits per heavy atom. The molecule has 2 rings (SSSR count). The Bertz CT molecular complexity index is 523. The zero-order valence-corrected chi connectivity index (χ0v) is 13.0. The smallest absolute Gasteiger partial charge is 0.134 e. The van der Waals surface area contributed by atoms with Crippen LogP contribution in [0.4, 0.5) is 0 Å². The molecular formula is C19H23NO. The lowest BCUT2D eigenvalue weighted by atomic mass is 9.71. The van der Waals surface area contributed by atoms with Crippen LogP contribution in [-0.2, 0) is 10.2 Å². The monoisotopic (exact) mass is 281 g/mol. The third-order valence-electron chi connectivity index (χ3n) is 4.28. The van der Waals surface area contributed by atoms with Crippen molar-refractivity contribution >= 4 is 6.29 Å². The first kappa shape index (κ1) is 15.5. The number of benzene rings is 2. The molecule has 21 heavy (non-hydrogen) atoms. The van der Waals surface area contributed by atoms with E-state index >= 15 is 0 Å². The molecule has 110 valence electrons. The molecule has 2 nitrogen and oxygen atoms in total. The molecule has 0 saturated heterocycles. The van der Waals surface area contributed by atoms with E-state index in [1.165, 1.54) is 0 Å². The van der Waals surface area contributed by atoms with Crippen molar-refractivity contribution in [2.75, 3.05) is 14.1 Å². The third kappa shape index (κ3) is 3.22. The number of carbonyl (C=O) groups excluding carboxylic acids is 1. The van der Waals surface area contributed by atoms with Crippen molar-refractivity contribution in [3.63, 3.8) is 0 Å². The summed E-state index contributed by atoms with van der Waals surface area (Å²) in [6.07, 6.45) is 1.87. The summed E-state index contributed by atoms with van der Waals surface area (Å²) in [5.41, 5.74) is 1.52. The molecule has 0 unspecified atom stereocenters. The van der Waals surface area contributed by atoms with Gasteiger partial charge in [0.15, 0.2) is 0 Å². The highest BCUT2D eigenvalue weighted by Crippen LogP contribution is 2.35. The molecular weight excluding hydrogens is 258 g/mol. The third-order valence-corrected chi connectivity index (χ3v) is 4.28. The van der Waals surface area contributed by atoms with E-state index in [-0.39, 0.29) is 0 Å². The van der Waals surface area contributed by atoms with Gasteiger partial charge in [0.25, 0.3) is 0 Å². The first-order chi connectivity index (χ1) is 10.1. The second kappa shape index (κ2) is 6.68. The van der Waals surface area contributed by atoms with Crippen LogP contribution >= 0.6 is 0 Å². The molecule has 0 fully saturated rings. The van der Waals surface area contributed by atoms with E-state index in [0.717, 1.165) is 23.8 Å². The molecule has 0 N–H and O–H groups in total. The summed E-state index contributed by atoms with van der Waals surface area (Å²) in [7, 11) is 4.10. The van der Waals surface area contributed by atoms with Crippen molar-refractivity contribution in [1.29, 1.82) is 0 Å². The highest BCUT2D eigenvalue weighted by atomic mass is 16.1. The van der Waals surface area contributed by atoms with Gasteiger partial charge in [-0.15, -0.1) is 0 Å². The van der Waals surface area contributed by atoms with Gasteiger partial charge in [-0.1, -0.05) is 60.7 Å². The average molecular weight is 281 g/mol. The van der Waals surface area contributed by atoms with Crippen molar-refractivity contribution < 1.29 is 4.79 Å². The van der Waals surface area contributed by atoms with Gasteiger partial charge in [0.2, 0.25) is 0 Å². The van der Waals surface area contributed by atoms with Crippen LogP contribution < -0.4 is 0 Å². The number of aldehydes is 1. The lowest BCUT2D eigenvalue weighted by Gasteiger charge is -2.34. The van der Waals surface area contributed by atoms with E-state index < -0.39 is 5.41 Å². The van der Waals surface area contributed by atoms with Crippen molar-refractivity contribution in [2.24, 2.45) is 0 Å². The predicted octanol–water partition coefficient (Wildman–Crippen LogP) is 3.51. The quantitative estimate of drug-likeness (QED) is 0.755. The van der Waals surface area contributed by atoms with Gasteiger partial charge >= 0.3 is 0 Å². The van der Waals surface area contributed by atoms with Crippen LogP contribution in [0, 0.1) is 0 Å². The van der Waals surface area contributed by atoms with E-state index in [4.69, 9.17) is 0 Å². The molecule has 2 heteroatoms. The topological polar surface area (TPSA) is 20.3 Å². The number of hydrogen-bond donors (Lipinski definition) is 0. The van der Waals surface area contributed by atoms with Crippen molar-refractivity contribution in [3.8, 4) is 0 Å². The Labute approximate surface area is 127 Å². The number of hydrogen-bond acceptors (Lipinski definition) is 2. The molecule has 0 aromatic heterocycles. The molecule has 0 bridgehead atoms. The fraction of sp³-hybridized carbons (Fsp3) is 0.316. The van der Waals surface area contributed by atoms with E-state index in [0.29, 0.717) is 6.04 Å².